The van der Waals surface area contributed by atoms with Gasteiger partial charge in [0.05, 0.1) is 31.8 Å². The van der Waals surface area contributed by atoms with Crippen molar-refractivity contribution in [1.29, 1.82) is 0 Å². The Labute approximate surface area is 211 Å². The summed E-state index contributed by atoms with van der Waals surface area (Å²) in [6.07, 6.45) is 7.88. The second-order valence-electron chi connectivity index (χ2n) is 8.64. The molecule has 0 spiro atoms. The molecule has 2 aromatic heterocycles. The molecule has 0 aliphatic carbocycles. The van der Waals surface area contributed by atoms with Crippen molar-refractivity contribution >= 4 is 56.4 Å². The quantitative estimate of drug-likeness (QED) is 0.214. The Morgan fingerprint density at radius 3 is 1.54 bits per heavy atom. The molecule has 0 radical (unpaired) electrons. The molecule has 2 aliphatic rings. The van der Waals surface area contributed by atoms with Crippen molar-refractivity contribution in [3.8, 4) is 0 Å². The Balaban J connectivity index is 1.19. The van der Waals surface area contributed by atoms with E-state index in [1.165, 1.54) is 22.7 Å². The number of hydrogen-bond acceptors (Lipinski definition) is 6. The SMILES string of the molecule is O=C(/C=C/c1ccccc1)c1cc2c(s1)NC1CC2Nc2sc(C(=O)/C=C/c3ccccc3)cc21. The van der Waals surface area contributed by atoms with Crippen LogP contribution in [-0.2, 0) is 0 Å². The van der Waals surface area contributed by atoms with Gasteiger partial charge in [0.2, 0.25) is 0 Å². The molecule has 2 aromatic carbocycles. The molecular weight excluding hydrogens is 472 g/mol. The maximum atomic E-state index is 12.8. The van der Waals surface area contributed by atoms with Crippen molar-refractivity contribution in [3.63, 3.8) is 0 Å². The molecule has 4 aromatic rings. The summed E-state index contributed by atoms with van der Waals surface area (Å²) in [4.78, 5) is 27.1. The predicted octanol–water partition coefficient (Wildman–Crippen LogP) is 7.63. The minimum absolute atomic E-state index is 0.0115. The Morgan fingerprint density at radius 1 is 0.686 bits per heavy atom. The molecule has 6 heteroatoms. The zero-order valence-corrected chi connectivity index (χ0v) is 20.4. The van der Waals surface area contributed by atoms with Gasteiger partial charge in [0.1, 0.15) is 0 Å². The number of nitrogens with one attached hydrogen (secondary N) is 2. The third kappa shape index (κ3) is 4.38. The number of ketones is 2. The second kappa shape index (κ2) is 9.13. The molecule has 6 rings (SSSR count). The molecule has 0 amide bonds. The van der Waals surface area contributed by atoms with E-state index in [1.807, 2.05) is 84.9 Å². The van der Waals surface area contributed by atoms with Crippen LogP contribution < -0.4 is 10.6 Å². The van der Waals surface area contributed by atoms with Crippen LogP contribution >= 0.6 is 22.7 Å². The number of benzene rings is 2. The Hall–Kier alpha value is -3.74. The minimum Gasteiger partial charge on any atom is -0.370 e. The number of carbonyl (C=O) groups is 2. The van der Waals surface area contributed by atoms with Crippen molar-refractivity contribution in [2.75, 3.05) is 10.6 Å². The van der Waals surface area contributed by atoms with E-state index in [2.05, 4.69) is 10.6 Å². The molecule has 4 nitrogen and oxygen atoms in total. The van der Waals surface area contributed by atoms with Gasteiger partial charge in [-0.1, -0.05) is 72.8 Å². The van der Waals surface area contributed by atoms with Crippen LogP contribution in [0.3, 0.4) is 0 Å². The number of fused-ring (bicyclic) bond motifs is 6. The van der Waals surface area contributed by atoms with Gasteiger partial charge >= 0.3 is 0 Å². The first-order valence-corrected chi connectivity index (χ1v) is 13.1. The zero-order valence-electron chi connectivity index (χ0n) is 18.7. The van der Waals surface area contributed by atoms with Crippen molar-refractivity contribution < 1.29 is 9.59 Å². The monoisotopic (exact) mass is 494 g/mol. The van der Waals surface area contributed by atoms with E-state index in [0.717, 1.165) is 48.4 Å². The molecule has 4 heterocycles. The first kappa shape index (κ1) is 21.8. The second-order valence-corrected chi connectivity index (χ2v) is 10.7. The van der Waals surface area contributed by atoms with E-state index in [0.29, 0.717) is 0 Å². The van der Waals surface area contributed by atoms with Crippen molar-refractivity contribution in [2.45, 2.75) is 18.5 Å². The fourth-order valence-electron chi connectivity index (χ4n) is 4.51. The summed E-state index contributed by atoms with van der Waals surface area (Å²) in [7, 11) is 0. The van der Waals surface area contributed by atoms with Crippen LogP contribution in [0.1, 0.15) is 60.1 Å². The number of rotatable bonds is 6. The lowest BCUT2D eigenvalue weighted by Crippen LogP contribution is -2.28. The molecule has 2 atom stereocenters. The van der Waals surface area contributed by atoms with Gasteiger partial charge in [-0.2, -0.15) is 0 Å². The summed E-state index contributed by atoms with van der Waals surface area (Å²) in [6.45, 7) is 0. The van der Waals surface area contributed by atoms with Crippen molar-refractivity contribution in [2.24, 2.45) is 0 Å². The third-order valence-electron chi connectivity index (χ3n) is 6.29. The highest BCUT2D eigenvalue weighted by molar-refractivity contribution is 7.19. The molecule has 2 N–H and O–H groups in total. The van der Waals surface area contributed by atoms with Gasteiger partial charge in [0, 0.05) is 11.1 Å². The van der Waals surface area contributed by atoms with E-state index < -0.39 is 0 Å². The number of hydrogen-bond donors (Lipinski definition) is 2. The van der Waals surface area contributed by atoms with Crippen LogP contribution in [-0.4, -0.2) is 11.6 Å². The average molecular weight is 495 g/mol. The van der Waals surface area contributed by atoms with Gasteiger partial charge < -0.3 is 10.6 Å². The minimum atomic E-state index is 0.0115. The Morgan fingerprint density at radius 2 is 1.11 bits per heavy atom. The fourth-order valence-corrected chi connectivity index (χ4v) is 6.70. The van der Waals surface area contributed by atoms with E-state index >= 15 is 0 Å². The number of carbonyl (C=O) groups excluding carboxylic acids is 2. The van der Waals surface area contributed by atoms with Gasteiger partial charge in [0.15, 0.2) is 11.6 Å². The topological polar surface area (TPSA) is 58.2 Å². The van der Waals surface area contributed by atoms with Crippen molar-refractivity contribution in [1.82, 2.24) is 0 Å². The summed E-state index contributed by atoms with van der Waals surface area (Å²) in [6, 6.07) is 23.9. The third-order valence-corrected chi connectivity index (χ3v) is 8.49. The summed E-state index contributed by atoms with van der Waals surface area (Å²) in [5.41, 5.74) is 4.26. The lowest BCUT2D eigenvalue weighted by atomic mass is 9.89. The average Bonchev–Trinajstić information content (AvgIpc) is 3.52. The van der Waals surface area contributed by atoms with Crippen LogP contribution in [0.4, 0.5) is 10.0 Å². The number of anilines is 2. The predicted molar refractivity (Wildman–Crippen MR) is 146 cm³/mol. The van der Waals surface area contributed by atoms with E-state index in [4.69, 9.17) is 0 Å². The molecule has 0 saturated heterocycles. The normalized spacial score (nSPS) is 18.1. The van der Waals surface area contributed by atoms with Gasteiger partial charge in [0.25, 0.3) is 0 Å². The fraction of sp³-hybridized carbons (Fsp3) is 0.103. The zero-order chi connectivity index (χ0) is 23.8. The van der Waals surface area contributed by atoms with Crippen LogP contribution in [0.15, 0.2) is 84.9 Å². The molecule has 2 unspecified atom stereocenters. The van der Waals surface area contributed by atoms with Gasteiger partial charge in [-0.3, -0.25) is 9.59 Å². The Kier molecular flexibility index (Phi) is 5.68. The largest absolute Gasteiger partial charge is 0.370 e. The smallest absolute Gasteiger partial charge is 0.195 e. The molecular formula is C29H22N2O2S2. The molecule has 172 valence electrons. The molecule has 0 saturated carbocycles. The molecule has 0 fully saturated rings. The van der Waals surface area contributed by atoms with E-state index in [-0.39, 0.29) is 23.7 Å². The lowest BCUT2D eigenvalue weighted by Gasteiger charge is -2.36. The molecule has 2 aliphatic heterocycles. The maximum Gasteiger partial charge on any atom is 0.195 e. The molecule has 2 bridgehead atoms. The Bertz CT molecular complexity index is 1350. The standard InChI is InChI=1S/C29H22N2O2S2/c32-24(13-11-18-7-3-1-4-8-18)26-15-20-22-17-23(30-28(20)34-26)21-16-27(35-29(21)31-22)25(33)14-12-19-9-5-2-6-10-19/h1-16,22-23,30-31H,17H2/b13-11+,14-12+. The van der Waals surface area contributed by atoms with E-state index in [9.17, 15) is 9.59 Å². The van der Waals surface area contributed by atoms with Gasteiger partial charge in [-0.15, -0.1) is 22.7 Å². The van der Waals surface area contributed by atoms with Crippen LogP contribution in [0.5, 0.6) is 0 Å². The number of thiophene rings is 2. The first-order chi connectivity index (χ1) is 17.1. The summed E-state index contributed by atoms with van der Waals surface area (Å²) >= 11 is 3.00. The molecule has 35 heavy (non-hydrogen) atoms. The highest BCUT2D eigenvalue weighted by Gasteiger charge is 2.37. The van der Waals surface area contributed by atoms with E-state index in [1.54, 1.807) is 12.2 Å². The highest BCUT2D eigenvalue weighted by atomic mass is 32.1. The maximum absolute atomic E-state index is 12.8. The van der Waals surface area contributed by atoms with Gasteiger partial charge in [-0.25, -0.2) is 0 Å². The summed E-state index contributed by atoms with van der Waals surface area (Å²) in [5.74, 6) is 0.0231. The van der Waals surface area contributed by atoms with Crippen LogP contribution in [0, 0.1) is 0 Å². The summed E-state index contributed by atoms with van der Waals surface area (Å²) in [5, 5.41) is 9.31. The van der Waals surface area contributed by atoms with Gasteiger partial charge in [-0.05, 0) is 41.8 Å². The highest BCUT2D eigenvalue weighted by Crippen LogP contribution is 2.51. The first-order valence-electron chi connectivity index (χ1n) is 11.5. The summed E-state index contributed by atoms with van der Waals surface area (Å²) < 4.78 is 0. The van der Waals surface area contributed by atoms with Crippen molar-refractivity contribution in [3.05, 3.63) is 117 Å². The van der Waals surface area contributed by atoms with Crippen LogP contribution in [0.25, 0.3) is 12.2 Å². The number of allylic oxidation sites excluding steroid dienone is 2. The lowest BCUT2D eigenvalue weighted by molar-refractivity contribution is 0.104. The van der Waals surface area contributed by atoms with Crippen LogP contribution in [0.2, 0.25) is 0 Å².